The van der Waals surface area contributed by atoms with Crippen LogP contribution in [0.2, 0.25) is 0 Å². The third-order valence-electron chi connectivity index (χ3n) is 8.75. The fourth-order valence-electron chi connectivity index (χ4n) is 6.46. The Morgan fingerprint density at radius 2 is 1.94 bits per heavy atom. The van der Waals surface area contributed by atoms with Crippen LogP contribution in [0, 0.1) is 16.7 Å². The standard InChI is InChI=1S/C25H38N4O4S/c1-5-8-26-23-27-22-17(13-21(33)29-11-9-28(10-12-29)16(2)31)24(3)7-6-20(32)25(4,15-30)19(24)14-18(22)34-23/h5,17,19-20,30,32H,1,6-15H2,2-4H3,(H,26,27)/t17-,19+,20-,24+,25+/m1/s1. The molecule has 0 bridgehead atoms. The van der Waals surface area contributed by atoms with E-state index in [4.69, 9.17) is 4.98 Å². The van der Waals surface area contributed by atoms with Gasteiger partial charge in [0.15, 0.2) is 5.13 Å². The lowest BCUT2D eigenvalue weighted by molar-refractivity contribution is -0.149. The van der Waals surface area contributed by atoms with Gasteiger partial charge in [-0.1, -0.05) is 19.9 Å². The number of carbonyl (C=O) groups excluding carboxylic acids is 2. The first-order valence-electron chi connectivity index (χ1n) is 12.3. The van der Waals surface area contributed by atoms with E-state index in [0.717, 1.165) is 28.5 Å². The second-order valence-corrected chi connectivity index (χ2v) is 11.7. The Morgan fingerprint density at radius 1 is 1.26 bits per heavy atom. The summed E-state index contributed by atoms with van der Waals surface area (Å²) in [4.78, 5) is 34.9. The van der Waals surface area contributed by atoms with Crippen LogP contribution in [0.5, 0.6) is 0 Å². The molecule has 4 rings (SSSR count). The Hall–Kier alpha value is -1.97. The highest BCUT2D eigenvalue weighted by Crippen LogP contribution is 2.62. The van der Waals surface area contributed by atoms with Crippen molar-refractivity contribution in [3.8, 4) is 0 Å². The maximum Gasteiger partial charge on any atom is 0.223 e. The Morgan fingerprint density at radius 3 is 2.56 bits per heavy atom. The van der Waals surface area contributed by atoms with E-state index in [1.807, 2.05) is 11.8 Å². The largest absolute Gasteiger partial charge is 0.396 e. The fraction of sp³-hybridized carbons (Fsp3) is 0.720. The van der Waals surface area contributed by atoms with Crippen LogP contribution in [-0.2, 0) is 16.0 Å². The number of aliphatic hydroxyl groups is 2. The van der Waals surface area contributed by atoms with Crippen molar-refractivity contribution in [3.05, 3.63) is 23.2 Å². The smallest absolute Gasteiger partial charge is 0.223 e. The van der Waals surface area contributed by atoms with Crippen LogP contribution in [0.4, 0.5) is 5.13 Å². The first kappa shape index (κ1) is 25.1. The highest BCUT2D eigenvalue weighted by molar-refractivity contribution is 7.15. The molecule has 1 aliphatic heterocycles. The van der Waals surface area contributed by atoms with Gasteiger partial charge in [0, 0.05) is 62.3 Å². The number of carbonyl (C=O) groups is 2. The molecular formula is C25H38N4O4S. The SMILES string of the molecule is C=CCNc1nc2c(s1)C[C@@H]1[C@](C)(CO)[C@H](O)CC[C@@]1(C)[C@@H]2CC(=O)N1CCN(C(C)=O)CC1. The number of nitrogens with one attached hydrogen (secondary N) is 1. The molecule has 2 amide bonds. The van der Waals surface area contributed by atoms with Gasteiger partial charge in [-0.05, 0) is 30.6 Å². The molecule has 1 saturated heterocycles. The molecule has 0 radical (unpaired) electrons. The molecule has 0 aromatic carbocycles. The third kappa shape index (κ3) is 4.27. The average Bonchev–Trinajstić information content (AvgIpc) is 3.24. The van der Waals surface area contributed by atoms with Crippen LogP contribution in [0.1, 0.15) is 56.5 Å². The van der Waals surface area contributed by atoms with E-state index in [1.165, 1.54) is 0 Å². The van der Waals surface area contributed by atoms with Gasteiger partial charge in [-0.3, -0.25) is 9.59 Å². The number of amides is 2. The zero-order chi connectivity index (χ0) is 24.7. The lowest BCUT2D eigenvalue weighted by Gasteiger charge is -2.58. The highest BCUT2D eigenvalue weighted by Gasteiger charge is 2.59. The van der Waals surface area contributed by atoms with E-state index in [9.17, 15) is 19.8 Å². The second-order valence-electron chi connectivity index (χ2n) is 10.6. The molecule has 3 aliphatic rings. The lowest BCUT2D eigenvalue weighted by atomic mass is 9.47. The molecule has 1 aromatic heterocycles. The molecule has 8 nitrogen and oxygen atoms in total. The zero-order valence-corrected chi connectivity index (χ0v) is 21.4. The molecule has 1 aromatic rings. The molecule has 5 atom stereocenters. The number of aromatic nitrogens is 1. The summed E-state index contributed by atoms with van der Waals surface area (Å²) >= 11 is 1.61. The summed E-state index contributed by atoms with van der Waals surface area (Å²) in [6.45, 7) is 12.3. The van der Waals surface area contributed by atoms with E-state index in [0.29, 0.717) is 45.6 Å². The van der Waals surface area contributed by atoms with Gasteiger partial charge in [-0.15, -0.1) is 17.9 Å². The Balaban J connectivity index is 1.65. The third-order valence-corrected chi connectivity index (χ3v) is 9.80. The van der Waals surface area contributed by atoms with E-state index >= 15 is 0 Å². The predicted octanol–water partition coefficient (Wildman–Crippen LogP) is 2.24. The van der Waals surface area contributed by atoms with Gasteiger partial charge in [0.25, 0.3) is 0 Å². The molecule has 3 N–H and O–H groups in total. The van der Waals surface area contributed by atoms with E-state index in [-0.39, 0.29) is 35.7 Å². The summed E-state index contributed by atoms with van der Waals surface area (Å²) in [6.07, 6.45) is 3.71. The molecule has 1 saturated carbocycles. The van der Waals surface area contributed by atoms with E-state index < -0.39 is 11.5 Å². The van der Waals surface area contributed by atoms with E-state index in [1.54, 1.807) is 29.2 Å². The number of nitrogens with zero attached hydrogens (tertiary/aromatic N) is 3. The second kappa shape index (κ2) is 9.59. The maximum atomic E-state index is 13.5. The summed E-state index contributed by atoms with van der Waals surface area (Å²) in [5.41, 5.74) is 0.102. The monoisotopic (exact) mass is 490 g/mol. The van der Waals surface area contributed by atoms with Crippen molar-refractivity contribution in [3.63, 3.8) is 0 Å². The van der Waals surface area contributed by atoms with Crippen molar-refractivity contribution in [1.29, 1.82) is 0 Å². The van der Waals surface area contributed by atoms with Crippen LogP contribution >= 0.6 is 11.3 Å². The number of anilines is 1. The molecule has 2 fully saturated rings. The number of aliphatic hydroxyl groups excluding tert-OH is 2. The summed E-state index contributed by atoms with van der Waals surface area (Å²) in [5.74, 6) is 0.0895. The van der Waals surface area contributed by atoms with Crippen molar-refractivity contribution >= 4 is 28.3 Å². The van der Waals surface area contributed by atoms with Gasteiger partial charge in [0.05, 0.1) is 18.4 Å². The molecule has 0 unspecified atom stereocenters. The van der Waals surface area contributed by atoms with Gasteiger partial charge in [-0.2, -0.15) is 0 Å². The maximum absolute atomic E-state index is 13.5. The Bertz CT molecular complexity index is 943. The first-order valence-corrected chi connectivity index (χ1v) is 13.1. The molecule has 2 aliphatic carbocycles. The minimum atomic E-state index is -0.627. The number of hydrogen-bond donors (Lipinski definition) is 3. The average molecular weight is 491 g/mol. The quantitative estimate of drug-likeness (QED) is 0.528. The van der Waals surface area contributed by atoms with Crippen LogP contribution in [0.15, 0.2) is 12.7 Å². The summed E-state index contributed by atoms with van der Waals surface area (Å²) in [7, 11) is 0. The van der Waals surface area contributed by atoms with Crippen LogP contribution in [-0.4, -0.2) is 82.2 Å². The van der Waals surface area contributed by atoms with Gasteiger partial charge in [0.1, 0.15) is 0 Å². The Kier molecular flexibility index (Phi) is 7.09. The minimum absolute atomic E-state index is 0.0429. The molecule has 34 heavy (non-hydrogen) atoms. The summed E-state index contributed by atoms with van der Waals surface area (Å²) in [6, 6.07) is 0. The summed E-state index contributed by atoms with van der Waals surface area (Å²) in [5, 5.41) is 25.4. The fourth-order valence-corrected chi connectivity index (χ4v) is 7.53. The van der Waals surface area contributed by atoms with Crippen molar-refractivity contribution in [2.24, 2.45) is 16.7 Å². The molecule has 9 heteroatoms. The van der Waals surface area contributed by atoms with Crippen LogP contribution < -0.4 is 5.32 Å². The molecule has 2 heterocycles. The van der Waals surface area contributed by atoms with Crippen molar-refractivity contribution in [2.45, 2.75) is 58.5 Å². The zero-order valence-electron chi connectivity index (χ0n) is 20.5. The lowest BCUT2D eigenvalue weighted by Crippen LogP contribution is -2.58. The van der Waals surface area contributed by atoms with Crippen LogP contribution in [0.25, 0.3) is 0 Å². The highest BCUT2D eigenvalue weighted by atomic mass is 32.1. The van der Waals surface area contributed by atoms with Crippen molar-refractivity contribution in [1.82, 2.24) is 14.8 Å². The number of hydrogen-bond acceptors (Lipinski definition) is 7. The number of rotatable bonds is 6. The number of fused-ring (bicyclic) bond motifs is 2. The molecule has 188 valence electrons. The normalized spacial score (nSPS) is 33.1. The van der Waals surface area contributed by atoms with Crippen LogP contribution in [0.3, 0.4) is 0 Å². The van der Waals surface area contributed by atoms with Gasteiger partial charge in [0.2, 0.25) is 11.8 Å². The number of thiazole rings is 1. The van der Waals surface area contributed by atoms with E-state index in [2.05, 4.69) is 18.8 Å². The summed E-state index contributed by atoms with van der Waals surface area (Å²) < 4.78 is 0. The van der Waals surface area contributed by atoms with Gasteiger partial charge < -0.3 is 25.3 Å². The van der Waals surface area contributed by atoms with Crippen molar-refractivity contribution < 1.29 is 19.8 Å². The topological polar surface area (TPSA) is 106 Å². The molecular weight excluding hydrogens is 452 g/mol. The first-order chi connectivity index (χ1) is 16.1. The number of piperazine rings is 1. The van der Waals surface area contributed by atoms with Crippen molar-refractivity contribution in [2.75, 3.05) is 44.6 Å². The van der Waals surface area contributed by atoms with Gasteiger partial charge in [-0.25, -0.2) is 4.98 Å². The Labute approximate surface area is 206 Å². The van der Waals surface area contributed by atoms with Gasteiger partial charge >= 0.3 is 0 Å². The predicted molar refractivity (Wildman–Crippen MR) is 133 cm³/mol. The minimum Gasteiger partial charge on any atom is -0.396 e. The molecule has 0 spiro atoms.